The lowest BCUT2D eigenvalue weighted by Gasteiger charge is -2.36. The number of hydrogen-bond acceptors (Lipinski definition) is 6. The average molecular weight is 567 g/mol. The summed E-state index contributed by atoms with van der Waals surface area (Å²) in [4.78, 5) is 2.19. The van der Waals surface area contributed by atoms with Crippen molar-refractivity contribution in [2.45, 2.75) is 17.6 Å². The van der Waals surface area contributed by atoms with Gasteiger partial charge < -0.3 is 14.2 Å². The lowest BCUT2D eigenvalue weighted by molar-refractivity contribution is 0.00546. The fraction of sp³-hybridized carbons (Fsp3) is 0.333. The summed E-state index contributed by atoms with van der Waals surface area (Å²) in [6.45, 7) is 1.60. The van der Waals surface area contributed by atoms with Crippen molar-refractivity contribution in [2.24, 2.45) is 0 Å². The SMILES string of the molecule is COc1ccc(S(=O)(=O)N2CCN(C[C@@H](OCc3c(F)cccc3F)c3ccc(Cl)cc3)CC2)cc1OC. The van der Waals surface area contributed by atoms with Crippen LogP contribution < -0.4 is 9.47 Å². The first-order chi connectivity index (χ1) is 18.2. The number of sulfonamides is 1. The summed E-state index contributed by atoms with van der Waals surface area (Å²) < 4.78 is 72.8. The highest BCUT2D eigenvalue weighted by Crippen LogP contribution is 2.31. The van der Waals surface area contributed by atoms with Gasteiger partial charge in [-0.05, 0) is 42.0 Å². The van der Waals surface area contributed by atoms with Gasteiger partial charge in [-0.25, -0.2) is 17.2 Å². The molecule has 11 heteroatoms. The molecular weight excluding hydrogens is 538 g/mol. The van der Waals surface area contributed by atoms with E-state index in [1.54, 1.807) is 18.2 Å². The first-order valence-electron chi connectivity index (χ1n) is 12.0. The molecule has 0 aromatic heterocycles. The molecule has 0 aliphatic carbocycles. The van der Waals surface area contributed by atoms with Crippen molar-refractivity contribution in [3.8, 4) is 11.5 Å². The molecule has 0 radical (unpaired) electrons. The van der Waals surface area contributed by atoms with Crippen molar-refractivity contribution >= 4 is 21.6 Å². The Morgan fingerprint density at radius 3 is 2.13 bits per heavy atom. The lowest BCUT2D eigenvalue weighted by atomic mass is 10.1. The van der Waals surface area contributed by atoms with Gasteiger partial charge in [0.15, 0.2) is 11.5 Å². The summed E-state index contributed by atoms with van der Waals surface area (Å²) >= 11 is 6.04. The molecule has 7 nitrogen and oxygen atoms in total. The Labute approximate surface area is 226 Å². The largest absolute Gasteiger partial charge is 0.493 e. The maximum absolute atomic E-state index is 14.2. The first kappa shape index (κ1) is 28.3. The van der Waals surface area contributed by atoms with E-state index in [-0.39, 0.29) is 30.2 Å². The maximum atomic E-state index is 14.2. The molecule has 1 atom stereocenters. The second kappa shape index (κ2) is 12.4. The third-order valence-electron chi connectivity index (χ3n) is 6.48. The fourth-order valence-corrected chi connectivity index (χ4v) is 5.86. The van der Waals surface area contributed by atoms with E-state index < -0.39 is 27.8 Å². The molecule has 38 heavy (non-hydrogen) atoms. The van der Waals surface area contributed by atoms with E-state index in [4.69, 9.17) is 25.8 Å². The van der Waals surface area contributed by atoms with Crippen molar-refractivity contribution in [1.29, 1.82) is 0 Å². The predicted molar refractivity (Wildman–Crippen MR) is 140 cm³/mol. The summed E-state index contributed by atoms with van der Waals surface area (Å²) in [6, 6.07) is 15.3. The van der Waals surface area contributed by atoms with Gasteiger partial charge in [-0.2, -0.15) is 4.31 Å². The van der Waals surface area contributed by atoms with Gasteiger partial charge in [0.25, 0.3) is 0 Å². The van der Waals surface area contributed by atoms with E-state index in [1.807, 2.05) is 12.1 Å². The van der Waals surface area contributed by atoms with E-state index >= 15 is 0 Å². The fourth-order valence-electron chi connectivity index (χ4n) is 4.30. The Bertz CT molecular complexity index is 1330. The molecule has 1 heterocycles. The van der Waals surface area contributed by atoms with Crippen molar-refractivity contribution < 1.29 is 31.4 Å². The molecule has 0 N–H and O–H groups in total. The summed E-state index contributed by atoms with van der Waals surface area (Å²) in [5.41, 5.74) is 0.656. The molecule has 1 fully saturated rings. The predicted octanol–water partition coefficient (Wildman–Crippen LogP) is 4.90. The number of hydrogen-bond donors (Lipinski definition) is 0. The van der Waals surface area contributed by atoms with E-state index in [9.17, 15) is 17.2 Å². The number of rotatable bonds is 10. The number of methoxy groups -OCH3 is 2. The molecule has 0 amide bonds. The number of piperazine rings is 1. The average Bonchev–Trinajstić information content (AvgIpc) is 2.92. The molecule has 1 aliphatic heterocycles. The first-order valence-corrected chi connectivity index (χ1v) is 13.8. The Morgan fingerprint density at radius 1 is 0.895 bits per heavy atom. The summed E-state index contributed by atoms with van der Waals surface area (Å²) in [7, 11) is -0.806. The third-order valence-corrected chi connectivity index (χ3v) is 8.63. The van der Waals surface area contributed by atoms with Gasteiger partial charge in [-0.3, -0.25) is 4.90 Å². The molecule has 0 unspecified atom stereocenters. The van der Waals surface area contributed by atoms with Gasteiger partial charge in [-0.1, -0.05) is 29.8 Å². The molecule has 0 bridgehead atoms. The Morgan fingerprint density at radius 2 is 1.53 bits per heavy atom. The number of nitrogens with zero attached hydrogens (tertiary/aromatic N) is 2. The monoisotopic (exact) mass is 566 g/mol. The Kier molecular flexibility index (Phi) is 9.22. The van der Waals surface area contributed by atoms with Crippen LogP contribution in [0.5, 0.6) is 11.5 Å². The van der Waals surface area contributed by atoms with Gasteiger partial charge >= 0.3 is 0 Å². The lowest BCUT2D eigenvalue weighted by Crippen LogP contribution is -2.49. The zero-order valence-electron chi connectivity index (χ0n) is 21.1. The summed E-state index contributed by atoms with van der Waals surface area (Å²) in [5, 5.41) is 0.557. The van der Waals surface area contributed by atoms with Crippen LogP contribution in [-0.4, -0.2) is 64.6 Å². The molecule has 3 aromatic carbocycles. The van der Waals surface area contributed by atoms with Crippen LogP contribution >= 0.6 is 11.6 Å². The molecule has 0 saturated carbocycles. The van der Waals surface area contributed by atoms with E-state index in [0.29, 0.717) is 36.2 Å². The van der Waals surface area contributed by atoms with Crippen molar-refractivity contribution in [3.63, 3.8) is 0 Å². The minimum absolute atomic E-state index is 0.123. The molecule has 1 aliphatic rings. The Hall–Kier alpha value is -2.76. The number of ether oxygens (including phenoxy) is 3. The normalized spacial score (nSPS) is 15.8. The van der Waals surface area contributed by atoms with Gasteiger partial charge in [-0.15, -0.1) is 0 Å². The summed E-state index contributed by atoms with van der Waals surface area (Å²) in [5.74, 6) is -0.566. The van der Waals surface area contributed by atoms with Crippen molar-refractivity contribution in [2.75, 3.05) is 46.9 Å². The zero-order chi connectivity index (χ0) is 27.3. The van der Waals surface area contributed by atoms with Crippen LogP contribution in [0, 0.1) is 11.6 Å². The summed E-state index contributed by atoms with van der Waals surface area (Å²) in [6.07, 6.45) is -0.514. The topological polar surface area (TPSA) is 68.3 Å². The van der Waals surface area contributed by atoms with Crippen molar-refractivity contribution in [3.05, 3.63) is 88.4 Å². The van der Waals surface area contributed by atoms with Gasteiger partial charge in [0, 0.05) is 49.4 Å². The minimum Gasteiger partial charge on any atom is -0.493 e. The molecular formula is C27H29ClF2N2O5S. The number of halogens is 3. The van der Waals surface area contributed by atoms with E-state index in [2.05, 4.69) is 4.90 Å². The number of benzene rings is 3. The van der Waals surface area contributed by atoms with Crippen LogP contribution in [0.25, 0.3) is 0 Å². The highest BCUT2D eigenvalue weighted by Gasteiger charge is 2.30. The highest BCUT2D eigenvalue weighted by molar-refractivity contribution is 7.89. The standard InChI is InChI=1S/C27H29ClF2N2O5S/c1-35-25-11-10-21(16-26(25)36-2)38(33,34)32-14-12-31(13-15-32)17-27(19-6-8-20(28)9-7-19)37-18-22-23(29)4-3-5-24(22)30/h3-11,16,27H,12-15,17-18H2,1-2H3/t27-/m1/s1. The molecule has 3 aromatic rings. The van der Waals surface area contributed by atoms with Crippen LogP contribution in [-0.2, 0) is 21.4 Å². The van der Waals surface area contributed by atoms with Crippen LogP contribution in [0.4, 0.5) is 8.78 Å². The molecule has 4 rings (SSSR count). The smallest absolute Gasteiger partial charge is 0.243 e. The highest BCUT2D eigenvalue weighted by atomic mass is 35.5. The third kappa shape index (κ3) is 6.44. The van der Waals surface area contributed by atoms with Crippen LogP contribution in [0.1, 0.15) is 17.2 Å². The molecule has 1 saturated heterocycles. The van der Waals surface area contributed by atoms with E-state index in [1.165, 1.54) is 48.9 Å². The van der Waals surface area contributed by atoms with Crippen molar-refractivity contribution in [1.82, 2.24) is 9.21 Å². The zero-order valence-corrected chi connectivity index (χ0v) is 22.6. The Balaban J connectivity index is 1.45. The minimum atomic E-state index is -3.74. The van der Waals surface area contributed by atoms with E-state index in [0.717, 1.165) is 5.56 Å². The maximum Gasteiger partial charge on any atom is 0.243 e. The van der Waals surface area contributed by atoms with Gasteiger partial charge in [0.05, 0.1) is 31.8 Å². The van der Waals surface area contributed by atoms with Gasteiger partial charge in [0.2, 0.25) is 10.0 Å². The molecule has 0 spiro atoms. The second-order valence-corrected chi connectivity index (χ2v) is 11.1. The van der Waals surface area contributed by atoms with Crippen LogP contribution in [0.15, 0.2) is 65.6 Å². The quantitative estimate of drug-likeness (QED) is 0.348. The van der Waals surface area contributed by atoms with Crippen LogP contribution in [0.3, 0.4) is 0 Å². The van der Waals surface area contributed by atoms with Gasteiger partial charge in [0.1, 0.15) is 11.6 Å². The molecule has 204 valence electrons. The second-order valence-electron chi connectivity index (χ2n) is 8.77. The van der Waals surface area contributed by atoms with Crippen LogP contribution in [0.2, 0.25) is 5.02 Å².